The number of nitrogens with zero attached hydrogens (tertiary/aromatic N) is 2. The third-order valence-electron chi connectivity index (χ3n) is 2.75. The van der Waals surface area contributed by atoms with Crippen LogP contribution < -0.4 is 11.1 Å². The molecule has 1 amide bonds. The zero-order valence-electron chi connectivity index (χ0n) is 11.0. The summed E-state index contributed by atoms with van der Waals surface area (Å²) in [5, 5.41) is 7.01. The summed E-state index contributed by atoms with van der Waals surface area (Å²) in [5.41, 5.74) is 6.55. The third-order valence-corrected chi connectivity index (χ3v) is 2.75. The summed E-state index contributed by atoms with van der Waals surface area (Å²) in [6.45, 7) is 8.66. The molecule has 5 nitrogen and oxygen atoms in total. The molecule has 96 valence electrons. The van der Waals surface area contributed by atoms with E-state index in [9.17, 15) is 4.79 Å². The van der Waals surface area contributed by atoms with Crippen LogP contribution in [0.3, 0.4) is 0 Å². The maximum Gasteiger partial charge on any atom is 0.244 e. The topological polar surface area (TPSA) is 72.9 Å². The largest absolute Gasteiger partial charge is 0.382 e. The van der Waals surface area contributed by atoms with Gasteiger partial charge in [0.05, 0.1) is 0 Å². The number of carbonyl (C=O) groups is 1. The van der Waals surface area contributed by atoms with Gasteiger partial charge in [0.2, 0.25) is 5.91 Å². The molecule has 0 saturated heterocycles. The highest BCUT2D eigenvalue weighted by molar-refractivity contribution is 5.79. The molecule has 5 heteroatoms. The third kappa shape index (κ3) is 3.76. The summed E-state index contributed by atoms with van der Waals surface area (Å²) in [5.74, 6) is 1.05. The molecule has 1 aromatic rings. The Labute approximate surface area is 102 Å². The van der Waals surface area contributed by atoms with E-state index in [-0.39, 0.29) is 11.9 Å². The number of nitrogen functional groups attached to an aromatic ring is 1. The van der Waals surface area contributed by atoms with Crippen molar-refractivity contribution in [2.24, 2.45) is 5.92 Å². The van der Waals surface area contributed by atoms with Crippen molar-refractivity contribution in [1.82, 2.24) is 15.1 Å². The minimum absolute atomic E-state index is 0.0202. The second kappa shape index (κ2) is 5.70. The predicted octanol–water partition coefficient (Wildman–Crippen LogP) is 1.50. The molecule has 0 fully saturated rings. The zero-order chi connectivity index (χ0) is 13.0. The molecule has 3 N–H and O–H groups in total. The minimum Gasteiger partial charge on any atom is -0.382 e. The summed E-state index contributed by atoms with van der Waals surface area (Å²) >= 11 is 0. The van der Waals surface area contributed by atoms with Crippen LogP contribution in [0.2, 0.25) is 0 Å². The molecule has 1 aromatic heterocycles. The highest BCUT2D eigenvalue weighted by Gasteiger charge is 2.16. The van der Waals surface area contributed by atoms with Gasteiger partial charge in [0.15, 0.2) is 0 Å². The summed E-state index contributed by atoms with van der Waals surface area (Å²) < 4.78 is 1.61. The minimum atomic E-state index is -0.321. The smallest absolute Gasteiger partial charge is 0.244 e. The van der Waals surface area contributed by atoms with Crippen LogP contribution in [-0.2, 0) is 4.79 Å². The maximum absolute atomic E-state index is 11.8. The van der Waals surface area contributed by atoms with Crippen molar-refractivity contribution in [3.8, 4) is 0 Å². The Balaban J connectivity index is 2.52. The monoisotopic (exact) mass is 238 g/mol. The van der Waals surface area contributed by atoms with Gasteiger partial charge in [-0.05, 0) is 26.2 Å². The van der Waals surface area contributed by atoms with Crippen LogP contribution in [0.25, 0.3) is 0 Å². The molecular formula is C12H22N4O. The number of aromatic nitrogens is 2. The first-order valence-electron chi connectivity index (χ1n) is 6.00. The molecule has 1 unspecified atom stereocenters. The normalized spacial score (nSPS) is 12.8. The Morgan fingerprint density at radius 1 is 1.53 bits per heavy atom. The van der Waals surface area contributed by atoms with Crippen LogP contribution in [0.5, 0.6) is 0 Å². The van der Waals surface area contributed by atoms with Crippen molar-refractivity contribution in [3.63, 3.8) is 0 Å². The number of nitrogens with two attached hydrogens (primary N) is 1. The lowest BCUT2D eigenvalue weighted by Gasteiger charge is -2.13. The molecule has 1 heterocycles. The SMILES string of the molecule is Cc1cn(C(C)C(=O)NCCC(C)C)nc1N. The van der Waals surface area contributed by atoms with Gasteiger partial charge in [0, 0.05) is 18.3 Å². The molecule has 17 heavy (non-hydrogen) atoms. The zero-order valence-corrected chi connectivity index (χ0v) is 11.0. The number of rotatable bonds is 5. The molecule has 0 bridgehead atoms. The Morgan fingerprint density at radius 2 is 2.18 bits per heavy atom. The van der Waals surface area contributed by atoms with Gasteiger partial charge in [-0.3, -0.25) is 9.48 Å². The Bertz CT molecular complexity index is 364. The van der Waals surface area contributed by atoms with Crippen molar-refractivity contribution >= 4 is 11.7 Å². The summed E-state index contributed by atoms with van der Waals surface area (Å²) in [6.07, 6.45) is 2.78. The van der Waals surface area contributed by atoms with Gasteiger partial charge in [-0.15, -0.1) is 0 Å². The molecule has 0 aliphatic carbocycles. The molecular weight excluding hydrogens is 216 g/mol. The van der Waals surface area contributed by atoms with Gasteiger partial charge in [-0.25, -0.2) is 0 Å². The number of nitrogens with one attached hydrogen (secondary N) is 1. The molecule has 1 atom stereocenters. The standard InChI is InChI=1S/C12H22N4O/c1-8(2)5-6-14-12(17)10(4)16-7-9(3)11(13)15-16/h7-8,10H,5-6H2,1-4H3,(H2,13,15)(H,14,17). The molecule has 0 aliphatic heterocycles. The highest BCUT2D eigenvalue weighted by Crippen LogP contribution is 2.12. The molecule has 0 radical (unpaired) electrons. The van der Waals surface area contributed by atoms with E-state index in [2.05, 4.69) is 24.3 Å². The van der Waals surface area contributed by atoms with Crippen molar-refractivity contribution in [2.45, 2.75) is 40.2 Å². The highest BCUT2D eigenvalue weighted by atomic mass is 16.2. The number of aryl methyl sites for hydroxylation is 1. The van der Waals surface area contributed by atoms with Crippen LogP contribution in [-0.4, -0.2) is 22.2 Å². The fraction of sp³-hybridized carbons (Fsp3) is 0.667. The number of carbonyl (C=O) groups excluding carboxylic acids is 1. The van der Waals surface area contributed by atoms with Crippen molar-refractivity contribution in [2.75, 3.05) is 12.3 Å². The first kappa shape index (κ1) is 13.5. The fourth-order valence-electron chi connectivity index (χ4n) is 1.45. The molecule has 0 spiro atoms. The van der Waals surface area contributed by atoms with Crippen LogP contribution >= 0.6 is 0 Å². The van der Waals surface area contributed by atoms with E-state index in [0.717, 1.165) is 12.0 Å². The number of hydrogen-bond acceptors (Lipinski definition) is 3. The van der Waals surface area contributed by atoms with Gasteiger partial charge < -0.3 is 11.1 Å². The second-order valence-electron chi connectivity index (χ2n) is 4.83. The molecule has 0 aromatic carbocycles. The summed E-state index contributed by atoms with van der Waals surface area (Å²) in [6, 6.07) is -0.321. The quantitative estimate of drug-likeness (QED) is 0.816. The van der Waals surface area contributed by atoms with Crippen LogP contribution in [0, 0.1) is 12.8 Å². The van der Waals surface area contributed by atoms with Crippen LogP contribution in [0.1, 0.15) is 38.8 Å². The van der Waals surface area contributed by atoms with E-state index >= 15 is 0 Å². The fourth-order valence-corrected chi connectivity index (χ4v) is 1.45. The Morgan fingerprint density at radius 3 is 2.65 bits per heavy atom. The van der Waals surface area contributed by atoms with Gasteiger partial charge >= 0.3 is 0 Å². The van der Waals surface area contributed by atoms with E-state index in [0.29, 0.717) is 18.3 Å². The average Bonchev–Trinajstić information content (AvgIpc) is 2.57. The second-order valence-corrected chi connectivity index (χ2v) is 4.83. The van der Waals surface area contributed by atoms with Crippen LogP contribution in [0.15, 0.2) is 6.20 Å². The van der Waals surface area contributed by atoms with Gasteiger partial charge in [-0.1, -0.05) is 13.8 Å². The van der Waals surface area contributed by atoms with Gasteiger partial charge in [-0.2, -0.15) is 5.10 Å². The lowest BCUT2D eigenvalue weighted by Crippen LogP contribution is -2.32. The number of anilines is 1. The molecule has 0 saturated carbocycles. The summed E-state index contributed by atoms with van der Waals surface area (Å²) in [4.78, 5) is 11.8. The first-order valence-corrected chi connectivity index (χ1v) is 6.00. The van der Waals surface area contributed by atoms with Gasteiger partial charge in [0.1, 0.15) is 11.9 Å². The number of amides is 1. The van der Waals surface area contributed by atoms with Crippen molar-refractivity contribution < 1.29 is 4.79 Å². The van der Waals surface area contributed by atoms with Crippen molar-refractivity contribution in [3.05, 3.63) is 11.8 Å². The van der Waals surface area contributed by atoms with Gasteiger partial charge in [0.25, 0.3) is 0 Å². The van der Waals surface area contributed by atoms with E-state index in [1.54, 1.807) is 10.9 Å². The Kier molecular flexibility index (Phi) is 4.54. The van der Waals surface area contributed by atoms with E-state index in [4.69, 9.17) is 5.73 Å². The van der Waals surface area contributed by atoms with E-state index in [1.165, 1.54) is 0 Å². The van der Waals surface area contributed by atoms with E-state index in [1.807, 2.05) is 13.8 Å². The first-order chi connectivity index (χ1) is 7.91. The average molecular weight is 238 g/mol. The maximum atomic E-state index is 11.8. The van der Waals surface area contributed by atoms with E-state index < -0.39 is 0 Å². The molecule has 1 rings (SSSR count). The molecule has 0 aliphatic rings. The number of hydrogen-bond donors (Lipinski definition) is 2. The summed E-state index contributed by atoms with van der Waals surface area (Å²) in [7, 11) is 0. The van der Waals surface area contributed by atoms with Crippen LogP contribution in [0.4, 0.5) is 5.82 Å². The predicted molar refractivity (Wildman–Crippen MR) is 68.6 cm³/mol. The lowest BCUT2D eigenvalue weighted by molar-refractivity contribution is -0.124. The Hall–Kier alpha value is -1.52. The lowest BCUT2D eigenvalue weighted by atomic mass is 10.1. The van der Waals surface area contributed by atoms with Crippen molar-refractivity contribution in [1.29, 1.82) is 0 Å².